The number of sulfone groups is 1. The Balaban J connectivity index is 2.14. The molecule has 100 valence electrons. The van der Waals surface area contributed by atoms with Crippen LogP contribution >= 0.6 is 0 Å². The molecule has 0 amide bonds. The first-order chi connectivity index (χ1) is 8.39. The van der Waals surface area contributed by atoms with Crippen LogP contribution in [0.3, 0.4) is 0 Å². The lowest BCUT2D eigenvalue weighted by atomic mass is 10.1. The summed E-state index contributed by atoms with van der Waals surface area (Å²) < 4.78 is 23.1. The Morgan fingerprint density at radius 3 is 2.50 bits per heavy atom. The van der Waals surface area contributed by atoms with Gasteiger partial charge in [-0.2, -0.15) is 0 Å². The number of anilines is 1. The summed E-state index contributed by atoms with van der Waals surface area (Å²) in [7, 11) is -2.85. The van der Waals surface area contributed by atoms with Crippen LogP contribution in [-0.4, -0.2) is 37.4 Å². The van der Waals surface area contributed by atoms with Gasteiger partial charge in [-0.25, -0.2) is 8.42 Å². The zero-order chi connectivity index (χ0) is 13.3. The molecule has 2 atom stereocenters. The van der Waals surface area contributed by atoms with Crippen molar-refractivity contribution in [1.29, 1.82) is 0 Å². The van der Waals surface area contributed by atoms with Crippen LogP contribution in [0.5, 0.6) is 0 Å². The molecule has 1 heterocycles. The number of benzene rings is 1. The highest BCUT2D eigenvalue weighted by atomic mass is 32.2. The van der Waals surface area contributed by atoms with E-state index in [9.17, 15) is 8.42 Å². The predicted molar refractivity (Wildman–Crippen MR) is 74.1 cm³/mol. The summed E-state index contributed by atoms with van der Waals surface area (Å²) >= 11 is 0. The average Bonchev–Trinajstić information content (AvgIpc) is 2.28. The lowest BCUT2D eigenvalue weighted by molar-refractivity contribution is 0.169. The van der Waals surface area contributed by atoms with Crippen molar-refractivity contribution in [3.8, 4) is 0 Å². The number of nitrogens with two attached hydrogens (primary N) is 1. The molecule has 1 aliphatic rings. The Morgan fingerprint density at radius 2 is 1.94 bits per heavy atom. The highest BCUT2D eigenvalue weighted by Crippen LogP contribution is 2.26. The van der Waals surface area contributed by atoms with Crippen molar-refractivity contribution in [2.24, 2.45) is 0 Å². The molecule has 1 aromatic carbocycles. The first-order valence-electron chi connectivity index (χ1n) is 6.20. The third-order valence-electron chi connectivity index (χ3n) is 3.64. The van der Waals surface area contributed by atoms with Gasteiger partial charge in [0, 0.05) is 24.3 Å². The summed E-state index contributed by atoms with van der Waals surface area (Å²) in [6.45, 7) is 4.69. The molecular weight excluding hydrogens is 248 g/mol. The maximum absolute atomic E-state index is 11.6. The van der Waals surface area contributed by atoms with Crippen molar-refractivity contribution in [1.82, 2.24) is 4.90 Å². The van der Waals surface area contributed by atoms with Crippen LogP contribution in [0.1, 0.15) is 25.5 Å². The van der Waals surface area contributed by atoms with Gasteiger partial charge in [-0.05, 0) is 31.5 Å². The second-order valence-electron chi connectivity index (χ2n) is 5.04. The minimum absolute atomic E-state index is 0.0660. The van der Waals surface area contributed by atoms with Gasteiger partial charge in [0.1, 0.15) is 0 Å². The SMILES string of the molecule is CC1CS(=O)(=O)CCN1C(C)c1ccc(N)cc1. The molecule has 0 aromatic heterocycles. The Hall–Kier alpha value is -1.07. The zero-order valence-electron chi connectivity index (χ0n) is 10.8. The number of rotatable bonds is 2. The van der Waals surface area contributed by atoms with Crippen molar-refractivity contribution in [3.05, 3.63) is 29.8 Å². The normalized spacial score (nSPS) is 25.8. The molecule has 2 rings (SSSR count). The summed E-state index contributed by atoms with van der Waals surface area (Å²) in [6, 6.07) is 8.08. The average molecular weight is 268 g/mol. The molecule has 0 spiro atoms. The van der Waals surface area contributed by atoms with Crippen LogP contribution in [0, 0.1) is 0 Å². The lowest BCUT2D eigenvalue weighted by Crippen LogP contribution is -2.47. The van der Waals surface area contributed by atoms with E-state index in [2.05, 4.69) is 11.8 Å². The third-order valence-corrected chi connectivity index (χ3v) is 5.43. The van der Waals surface area contributed by atoms with Gasteiger partial charge < -0.3 is 5.73 Å². The molecule has 5 heteroatoms. The summed E-state index contributed by atoms with van der Waals surface area (Å²) in [5, 5.41) is 0. The van der Waals surface area contributed by atoms with Crippen molar-refractivity contribution >= 4 is 15.5 Å². The molecule has 0 saturated carbocycles. The summed E-state index contributed by atoms with van der Waals surface area (Å²) in [6.07, 6.45) is 0. The van der Waals surface area contributed by atoms with Crippen molar-refractivity contribution in [2.75, 3.05) is 23.8 Å². The van der Waals surface area contributed by atoms with Gasteiger partial charge in [0.15, 0.2) is 9.84 Å². The molecule has 1 aliphatic heterocycles. The van der Waals surface area contributed by atoms with Crippen LogP contribution in [0.2, 0.25) is 0 Å². The van der Waals surface area contributed by atoms with Crippen molar-refractivity contribution in [3.63, 3.8) is 0 Å². The first-order valence-corrected chi connectivity index (χ1v) is 8.03. The fourth-order valence-corrected chi connectivity index (χ4v) is 4.13. The second-order valence-corrected chi connectivity index (χ2v) is 7.27. The van der Waals surface area contributed by atoms with Gasteiger partial charge >= 0.3 is 0 Å². The molecule has 18 heavy (non-hydrogen) atoms. The number of hydrogen-bond donors (Lipinski definition) is 1. The second kappa shape index (κ2) is 4.90. The molecule has 2 unspecified atom stereocenters. The molecule has 4 nitrogen and oxygen atoms in total. The molecule has 0 bridgehead atoms. The minimum atomic E-state index is -2.85. The standard InChI is InChI=1S/C13H20N2O2S/c1-10-9-18(16,17)8-7-15(10)11(2)12-3-5-13(14)6-4-12/h3-6,10-11H,7-9,14H2,1-2H3. The summed E-state index contributed by atoms with van der Waals surface area (Å²) in [5.74, 6) is 0.517. The van der Waals surface area contributed by atoms with Gasteiger partial charge in [-0.1, -0.05) is 12.1 Å². The van der Waals surface area contributed by atoms with Gasteiger partial charge in [0.2, 0.25) is 0 Å². The minimum Gasteiger partial charge on any atom is -0.399 e. The van der Waals surface area contributed by atoms with Crippen LogP contribution in [-0.2, 0) is 9.84 Å². The topological polar surface area (TPSA) is 63.4 Å². The Kier molecular flexibility index (Phi) is 3.64. The molecule has 0 aliphatic carbocycles. The van der Waals surface area contributed by atoms with Crippen molar-refractivity contribution in [2.45, 2.75) is 25.9 Å². The maximum atomic E-state index is 11.6. The van der Waals surface area contributed by atoms with Crippen molar-refractivity contribution < 1.29 is 8.42 Å². The third kappa shape index (κ3) is 2.84. The molecule has 1 saturated heterocycles. The molecular formula is C13H20N2O2S. The van der Waals surface area contributed by atoms with E-state index >= 15 is 0 Å². The largest absolute Gasteiger partial charge is 0.399 e. The van der Waals surface area contributed by atoms with Crippen LogP contribution in [0.4, 0.5) is 5.69 Å². The quantitative estimate of drug-likeness (QED) is 0.825. The van der Waals surface area contributed by atoms with Gasteiger partial charge in [-0.3, -0.25) is 4.90 Å². The molecule has 2 N–H and O–H groups in total. The zero-order valence-corrected chi connectivity index (χ0v) is 11.7. The Morgan fingerprint density at radius 1 is 1.33 bits per heavy atom. The number of hydrogen-bond acceptors (Lipinski definition) is 4. The smallest absolute Gasteiger partial charge is 0.153 e. The highest BCUT2D eigenvalue weighted by molar-refractivity contribution is 7.91. The van der Waals surface area contributed by atoms with Gasteiger partial charge in [-0.15, -0.1) is 0 Å². The van der Waals surface area contributed by atoms with E-state index in [0.717, 1.165) is 5.69 Å². The maximum Gasteiger partial charge on any atom is 0.153 e. The highest BCUT2D eigenvalue weighted by Gasteiger charge is 2.31. The Labute approximate surface area is 109 Å². The van der Waals surface area contributed by atoms with E-state index in [1.165, 1.54) is 5.56 Å². The first kappa shape index (κ1) is 13.4. The van der Waals surface area contributed by atoms with Crippen LogP contribution < -0.4 is 5.73 Å². The van der Waals surface area contributed by atoms with E-state index in [4.69, 9.17) is 5.73 Å². The van der Waals surface area contributed by atoms with Gasteiger partial charge in [0.05, 0.1) is 11.5 Å². The number of nitrogens with zero attached hydrogens (tertiary/aromatic N) is 1. The van der Waals surface area contributed by atoms with E-state index < -0.39 is 9.84 Å². The fraction of sp³-hybridized carbons (Fsp3) is 0.538. The van der Waals surface area contributed by atoms with Gasteiger partial charge in [0.25, 0.3) is 0 Å². The molecule has 1 fully saturated rings. The van der Waals surface area contributed by atoms with E-state index in [0.29, 0.717) is 6.54 Å². The number of nitrogen functional groups attached to an aromatic ring is 1. The summed E-state index contributed by atoms with van der Waals surface area (Å²) in [5.41, 5.74) is 7.60. The van der Waals surface area contributed by atoms with E-state index in [-0.39, 0.29) is 23.6 Å². The lowest BCUT2D eigenvalue weighted by Gasteiger charge is -2.38. The predicted octanol–water partition coefficient (Wildman–Crippen LogP) is 1.45. The molecule has 0 radical (unpaired) electrons. The van der Waals surface area contributed by atoms with E-state index in [1.54, 1.807) is 0 Å². The monoisotopic (exact) mass is 268 g/mol. The van der Waals surface area contributed by atoms with Crippen LogP contribution in [0.25, 0.3) is 0 Å². The Bertz CT molecular complexity index is 510. The van der Waals surface area contributed by atoms with Crippen LogP contribution in [0.15, 0.2) is 24.3 Å². The fourth-order valence-electron chi connectivity index (χ4n) is 2.55. The molecule has 1 aromatic rings. The summed E-state index contributed by atoms with van der Waals surface area (Å²) in [4.78, 5) is 2.24. The van der Waals surface area contributed by atoms with E-state index in [1.807, 2.05) is 31.2 Å².